The zero-order valence-corrected chi connectivity index (χ0v) is 15.3. The van der Waals surface area contributed by atoms with Crippen LogP contribution in [-0.2, 0) is 6.54 Å². The van der Waals surface area contributed by atoms with Gasteiger partial charge in [-0.2, -0.15) is 0 Å². The third kappa shape index (κ3) is 2.93. The van der Waals surface area contributed by atoms with Gasteiger partial charge in [-0.05, 0) is 31.0 Å². The van der Waals surface area contributed by atoms with Crippen LogP contribution in [0.4, 0.5) is 5.69 Å². The molecule has 0 radical (unpaired) electrons. The van der Waals surface area contributed by atoms with Crippen LogP contribution in [0.5, 0.6) is 0 Å². The van der Waals surface area contributed by atoms with Crippen molar-refractivity contribution in [2.75, 3.05) is 0 Å². The van der Waals surface area contributed by atoms with Crippen LogP contribution < -0.4 is 16.9 Å². The second kappa shape index (κ2) is 7.08. The van der Waals surface area contributed by atoms with Crippen molar-refractivity contribution in [3.05, 3.63) is 67.0 Å². The van der Waals surface area contributed by atoms with E-state index in [-0.39, 0.29) is 23.8 Å². The molecule has 1 fully saturated rings. The van der Waals surface area contributed by atoms with Gasteiger partial charge in [0.2, 0.25) is 0 Å². The van der Waals surface area contributed by atoms with Gasteiger partial charge in [0.25, 0.3) is 5.69 Å². The van der Waals surface area contributed by atoms with E-state index in [4.69, 9.17) is 5.73 Å². The number of rotatable bonds is 4. The van der Waals surface area contributed by atoms with Gasteiger partial charge in [-0.1, -0.05) is 19.3 Å². The number of benzene rings is 1. The fourth-order valence-electron chi connectivity index (χ4n) is 4.12. The van der Waals surface area contributed by atoms with Gasteiger partial charge in [-0.3, -0.25) is 24.3 Å². The molecule has 0 aliphatic heterocycles. The van der Waals surface area contributed by atoms with E-state index in [2.05, 4.69) is 4.98 Å². The van der Waals surface area contributed by atoms with Crippen molar-refractivity contribution in [2.24, 2.45) is 5.73 Å². The first-order valence-corrected chi connectivity index (χ1v) is 9.35. The highest BCUT2D eigenvalue weighted by molar-refractivity contribution is 5.82. The molecule has 4 rings (SSSR count). The Morgan fingerprint density at radius 1 is 1.21 bits per heavy atom. The number of nitrogens with two attached hydrogens (primary N) is 1. The summed E-state index contributed by atoms with van der Waals surface area (Å²) in [5.41, 5.74) is 6.03. The lowest BCUT2D eigenvalue weighted by atomic mass is 9.95. The number of nitrogens with one attached hydrogen (secondary N) is 1. The van der Waals surface area contributed by atoms with Crippen LogP contribution in [0.3, 0.4) is 0 Å². The van der Waals surface area contributed by atoms with Gasteiger partial charge in [-0.15, -0.1) is 0 Å². The summed E-state index contributed by atoms with van der Waals surface area (Å²) in [6.07, 6.45) is 6.39. The number of aromatic nitrogens is 3. The number of fused-ring (bicyclic) bond motifs is 1. The highest BCUT2D eigenvalue weighted by Gasteiger charge is 2.24. The highest BCUT2D eigenvalue weighted by atomic mass is 16.6. The molecule has 2 aromatic heterocycles. The fourth-order valence-corrected chi connectivity index (χ4v) is 4.12. The second-order valence-electron chi connectivity index (χ2n) is 7.11. The molecule has 0 unspecified atom stereocenters. The minimum absolute atomic E-state index is 0.0843. The van der Waals surface area contributed by atoms with Crippen LogP contribution in [0.2, 0.25) is 0 Å². The first-order chi connectivity index (χ1) is 13.5. The molecule has 2 heterocycles. The molecular formula is C19H21N5O4. The van der Waals surface area contributed by atoms with Crippen molar-refractivity contribution in [2.45, 2.75) is 44.7 Å². The summed E-state index contributed by atoms with van der Waals surface area (Å²) >= 11 is 0. The van der Waals surface area contributed by atoms with E-state index in [0.29, 0.717) is 16.9 Å². The van der Waals surface area contributed by atoms with Crippen LogP contribution in [-0.4, -0.2) is 19.0 Å². The molecule has 3 N–H and O–H groups in total. The molecule has 146 valence electrons. The first-order valence-electron chi connectivity index (χ1n) is 9.35. The molecule has 1 aliphatic rings. The van der Waals surface area contributed by atoms with Crippen molar-refractivity contribution in [1.82, 2.24) is 14.1 Å². The largest absolute Gasteiger partial charge is 0.325 e. The average Bonchev–Trinajstić information content (AvgIpc) is 3.17. The predicted octanol–water partition coefficient (Wildman–Crippen LogP) is 2.35. The van der Waals surface area contributed by atoms with E-state index < -0.39 is 16.0 Å². The van der Waals surface area contributed by atoms with Gasteiger partial charge in [0.1, 0.15) is 5.69 Å². The maximum absolute atomic E-state index is 12.7. The lowest BCUT2D eigenvalue weighted by molar-refractivity contribution is -0.384. The monoisotopic (exact) mass is 383 g/mol. The van der Waals surface area contributed by atoms with Gasteiger partial charge in [-0.25, -0.2) is 0 Å². The average molecular weight is 383 g/mol. The Hall–Kier alpha value is -3.20. The van der Waals surface area contributed by atoms with E-state index in [0.717, 1.165) is 32.1 Å². The maximum atomic E-state index is 12.7. The number of hydrogen-bond donors (Lipinski definition) is 2. The molecule has 9 heteroatoms. The lowest BCUT2D eigenvalue weighted by Crippen LogP contribution is -2.39. The van der Waals surface area contributed by atoms with Crippen molar-refractivity contribution in [1.29, 1.82) is 0 Å². The summed E-state index contributed by atoms with van der Waals surface area (Å²) in [5.74, 6) is 0. The molecule has 3 aromatic rings. The summed E-state index contributed by atoms with van der Waals surface area (Å²) in [6.45, 7) is 0.212. The maximum Gasteiger partial charge on any atom is 0.316 e. The summed E-state index contributed by atoms with van der Waals surface area (Å²) in [5, 5.41) is 11.7. The van der Waals surface area contributed by atoms with Gasteiger partial charge in [0.05, 0.1) is 16.0 Å². The van der Waals surface area contributed by atoms with Crippen LogP contribution in [0.25, 0.3) is 16.7 Å². The lowest BCUT2D eigenvalue weighted by Gasteiger charge is -2.25. The van der Waals surface area contributed by atoms with Crippen LogP contribution in [0, 0.1) is 10.1 Å². The van der Waals surface area contributed by atoms with E-state index in [1.165, 1.54) is 10.6 Å². The predicted molar refractivity (Wildman–Crippen MR) is 105 cm³/mol. The molecule has 9 nitrogen and oxygen atoms in total. The number of H-pyrrole nitrogens is 1. The van der Waals surface area contributed by atoms with Crippen LogP contribution in [0.15, 0.2) is 40.1 Å². The Kier molecular flexibility index (Phi) is 4.60. The Morgan fingerprint density at radius 2 is 1.96 bits per heavy atom. The molecular weight excluding hydrogens is 362 g/mol. The number of aromatic amines is 1. The van der Waals surface area contributed by atoms with Crippen molar-refractivity contribution >= 4 is 16.7 Å². The molecule has 0 atom stereocenters. The minimum Gasteiger partial charge on any atom is -0.325 e. The standard InChI is InChI=1S/C19H21N5O4/c20-11-13-7-4-8-22(13)16-10-15-14(9-17(16)24(27)28)21-18(25)19(26)23(15)12-5-2-1-3-6-12/h4,7-10,12H,1-3,5-6,11,20H2,(H,21,25). The summed E-state index contributed by atoms with van der Waals surface area (Å²) in [4.78, 5) is 38.6. The normalized spacial score (nSPS) is 15.2. The van der Waals surface area contributed by atoms with Crippen LogP contribution in [0.1, 0.15) is 43.8 Å². The van der Waals surface area contributed by atoms with E-state index in [9.17, 15) is 19.7 Å². The first kappa shape index (κ1) is 18.2. The highest BCUT2D eigenvalue weighted by Crippen LogP contribution is 2.32. The van der Waals surface area contributed by atoms with Gasteiger partial charge < -0.3 is 15.3 Å². The molecule has 1 saturated carbocycles. The third-order valence-corrected chi connectivity index (χ3v) is 5.45. The number of hydrogen-bond acceptors (Lipinski definition) is 5. The van der Waals surface area contributed by atoms with Crippen molar-refractivity contribution in [3.63, 3.8) is 0 Å². The summed E-state index contributed by atoms with van der Waals surface area (Å²) in [7, 11) is 0. The molecule has 1 aliphatic carbocycles. The van der Waals surface area contributed by atoms with Gasteiger partial charge >= 0.3 is 11.1 Å². The molecule has 28 heavy (non-hydrogen) atoms. The van der Waals surface area contributed by atoms with Crippen molar-refractivity contribution in [3.8, 4) is 5.69 Å². The summed E-state index contributed by atoms with van der Waals surface area (Å²) < 4.78 is 3.17. The molecule has 0 spiro atoms. The fraction of sp³-hybridized carbons (Fsp3) is 0.368. The van der Waals surface area contributed by atoms with E-state index >= 15 is 0 Å². The Balaban J connectivity index is 2.06. The molecule has 0 saturated heterocycles. The minimum atomic E-state index is -0.760. The third-order valence-electron chi connectivity index (χ3n) is 5.45. The smallest absolute Gasteiger partial charge is 0.316 e. The van der Waals surface area contributed by atoms with Gasteiger partial charge in [0.15, 0.2) is 0 Å². The molecule has 0 bridgehead atoms. The zero-order chi connectivity index (χ0) is 19.8. The quantitative estimate of drug-likeness (QED) is 0.406. The second-order valence-corrected chi connectivity index (χ2v) is 7.11. The molecule has 1 aromatic carbocycles. The number of nitro groups is 1. The zero-order valence-electron chi connectivity index (χ0n) is 15.3. The van der Waals surface area contributed by atoms with Gasteiger partial charge in [0, 0.05) is 30.5 Å². The SMILES string of the molecule is NCc1cccn1-c1cc2c(cc1[N+](=O)[O-])[nH]c(=O)c(=O)n2C1CCCCC1. The number of nitrogens with zero attached hydrogens (tertiary/aromatic N) is 3. The van der Waals surface area contributed by atoms with Crippen molar-refractivity contribution < 1.29 is 4.92 Å². The number of nitro benzene ring substituents is 1. The molecule has 0 amide bonds. The Labute approximate surface area is 159 Å². The summed E-state index contributed by atoms with van der Waals surface area (Å²) in [6, 6.07) is 6.40. The Bertz CT molecular complexity index is 1170. The Morgan fingerprint density at radius 3 is 2.64 bits per heavy atom. The van der Waals surface area contributed by atoms with E-state index in [1.54, 1.807) is 29.0 Å². The van der Waals surface area contributed by atoms with Crippen LogP contribution >= 0.6 is 0 Å². The topological polar surface area (TPSA) is 129 Å². The van der Waals surface area contributed by atoms with E-state index in [1.807, 2.05) is 0 Å².